The molecule has 1 unspecified atom stereocenters. The number of hydrogen-bond acceptors (Lipinski definition) is 7. The van der Waals surface area contributed by atoms with Crippen LogP contribution in [0.3, 0.4) is 0 Å². The van der Waals surface area contributed by atoms with Gasteiger partial charge in [-0.3, -0.25) is 4.79 Å². The van der Waals surface area contributed by atoms with E-state index in [9.17, 15) is 4.79 Å². The van der Waals surface area contributed by atoms with Crippen LogP contribution in [0.15, 0.2) is 29.4 Å². The lowest BCUT2D eigenvalue weighted by molar-refractivity contribution is -0.118. The van der Waals surface area contributed by atoms with Crippen LogP contribution in [0.1, 0.15) is 18.4 Å². The molecule has 1 aliphatic heterocycles. The largest absolute Gasteiger partial charge is 0.378 e. The van der Waals surface area contributed by atoms with Crippen LogP contribution in [0.5, 0.6) is 0 Å². The van der Waals surface area contributed by atoms with E-state index >= 15 is 0 Å². The molecule has 9 heteroatoms. The van der Waals surface area contributed by atoms with Crippen LogP contribution in [0.2, 0.25) is 0 Å². The zero-order chi connectivity index (χ0) is 18.4. The Bertz CT molecular complexity index is 712. The first kappa shape index (κ1) is 18.7. The molecule has 26 heavy (non-hydrogen) atoms. The fourth-order valence-corrected chi connectivity index (χ4v) is 3.41. The summed E-state index contributed by atoms with van der Waals surface area (Å²) in [6, 6.07) is 8.11. The van der Waals surface area contributed by atoms with Crippen LogP contribution < -0.4 is 10.2 Å². The molecule has 1 aromatic heterocycles. The number of rotatable bonds is 8. The summed E-state index contributed by atoms with van der Waals surface area (Å²) in [4.78, 5) is 14.1. The van der Waals surface area contributed by atoms with Gasteiger partial charge in [-0.15, -0.1) is 5.10 Å². The van der Waals surface area contributed by atoms with E-state index in [1.54, 1.807) is 4.68 Å². The highest BCUT2D eigenvalue weighted by Gasteiger charge is 2.19. The van der Waals surface area contributed by atoms with Gasteiger partial charge in [0.25, 0.3) is 0 Å². The minimum absolute atomic E-state index is 0.0432. The van der Waals surface area contributed by atoms with Gasteiger partial charge in [0, 0.05) is 32.9 Å². The van der Waals surface area contributed by atoms with E-state index in [1.165, 1.54) is 11.8 Å². The second-order valence-corrected chi connectivity index (χ2v) is 7.35. The molecule has 8 nitrogen and oxygen atoms in total. The Hall–Kier alpha value is -2.13. The van der Waals surface area contributed by atoms with Crippen molar-refractivity contribution in [1.82, 2.24) is 25.5 Å². The molecule has 2 aromatic rings. The number of tetrazole rings is 1. The summed E-state index contributed by atoms with van der Waals surface area (Å²) in [5.74, 6) is 0.236. The van der Waals surface area contributed by atoms with E-state index in [0.29, 0.717) is 18.2 Å². The molecule has 2 heterocycles. The number of thioether (sulfide) groups is 1. The summed E-state index contributed by atoms with van der Waals surface area (Å²) in [5.41, 5.74) is 2.20. The van der Waals surface area contributed by atoms with E-state index in [2.05, 4.69) is 20.8 Å². The highest BCUT2D eigenvalue weighted by atomic mass is 32.2. The zero-order valence-corrected chi connectivity index (χ0v) is 15.9. The van der Waals surface area contributed by atoms with Gasteiger partial charge < -0.3 is 15.0 Å². The fourth-order valence-electron chi connectivity index (χ4n) is 2.69. The Kier molecular flexibility index (Phi) is 6.45. The summed E-state index contributed by atoms with van der Waals surface area (Å²) in [6.45, 7) is 1.94. The predicted octanol–water partition coefficient (Wildman–Crippen LogP) is 1.33. The van der Waals surface area contributed by atoms with Crippen LogP contribution >= 0.6 is 11.8 Å². The maximum absolute atomic E-state index is 12.1. The van der Waals surface area contributed by atoms with Crippen molar-refractivity contribution in [3.63, 3.8) is 0 Å². The second kappa shape index (κ2) is 9.00. The number of benzene rings is 1. The van der Waals surface area contributed by atoms with E-state index in [0.717, 1.165) is 30.7 Å². The zero-order valence-electron chi connectivity index (χ0n) is 15.1. The quantitative estimate of drug-likeness (QED) is 0.696. The Balaban J connectivity index is 1.43. The maximum Gasteiger partial charge on any atom is 0.230 e. The smallest absolute Gasteiger partial charge is 0.230 e. The van der Waals surface area contributed by atoms with Gasteiger partial charge in [-0.2, -0.15) is 0 Å². The van der Waals surface area contributed by atoms with Gasteiger partial charge in [0.1, 0.15) is 0 Å². The number of hydrogen-bond donors (Lipinski definition) is 1. The van der Waals surface area contributed by atoms with Crippen molar-refractivity contribution in [2.24, 2.45) is 0 Å². The molecule has 0 spiro atoms. The Morgan fingerprint density at radius 3 is 2.88 bits per heavy atom. The first-order valence-corrected chi connectivity index (χ1v) is 9.64. The molecule has 0 bridgehead atoms. The number of nitrogens with one attached hydrogen (secondary N) is 1. The molecule has 1 N–H and O–H groups in total. The SMILES string of the molecule is CN(C)c1ccc(CNC(=O)CSc2nnnn2CC2CCCO2)cc1. The van der Waals surface area contributed by atoms with Crippen molar-refractivity contribution in [2.75, 3.05) is 31.4 Å². The summed E-state index contributed by atoms with van der Waals surface area (Å²) in [7, 11) is 4.00. The molecule has 1 fully saturated rings. The lowest BCUT2D eigenvalue weighted by atomic mass is 10.2. The van der Waals surface area contributed by atoms with Crippen molar-refractivity contribution >= 4 is 23.4 Å². The summed E-state index contributed by atoms with van der Waals surface area (Å²) in [5, 5.41) is 15.3. The van der Waals surface area contributed by atoms with Gasteiger partial charge in [-0.05, 0) is 41.0 Å². The molecular weight excluding hydrogens is 352 g/mol. The second-order valence-electron chi connectivity index (χ2n) is 6.40. The molecule has 1 aliphatic rings. The van der Waals surface area contributed by atoms with Crippen LogP contribution in [0.4, 0.5) is 5.69 Å². The van der Waals surface area contributed by atoms with Gasteiger partial charge >= 0.3 is 0 Å². The minimum atomic E-state index is -0.0432. The van der Waals surface area contributed by atoms with Crippen molar-refractivity contribution in [2.45, 2.75) is 37.2 Å². The number of carbonyl (C=O) groups is 1. The standard InChI is InChI=1S/C17H24N6O2S/c1-22(2)14-7-5-13(6-8-14)10-18-16(24)12-26-17-19-20-21-23(17)11-15-4-3-9-25-15/h5-8,15H,3-4,9-12H2,1-2H3,(H,18,24). The summed E-state index contributed by atoms with van der Waals surface area (Å²) in [6.07, 6.45) is 2.27. The third kappa shape index (κ3) is 5.18. The van der Waals surface area contributed by atoms with Crippen molar-refractivity contribution < 1.29 is 9.53 Å². The Morgan fingerprint density at radius 1 is 1.38 bits per heavy atom. The topological polar surface area (TPSA) is 85.2 Å². The van der Waals surface area contributed by atoms with E-state index in [4.69, 9.17) is 4.74 Å². The van der Waals surface area contributed by atoms with Gasteiger partial charge in [0.15, 0.2) is 0 Å². The van der Waals surface area contributed by atoms with Crippen molar-refractivity contribution in [3.05, 3.63) is 29.8 Å². The number of carbonyl (C=O) groups excluding carboxylic acids is 1. The first-order chi connectivity index (χ1) is 12.6. The van der Waals surface area contributed by atoms with Gasteiger partial charge in [-0.1, -0.05) is 23.9 Å². The average molecular weight is 376 g/mol. The van der Waals surface area contributed by atoms with E-state index < -0.39 is 0 Å². The molecule has 3 rings (SSSR count). The first-order valence-electron chi connectivity index (χ1n) is 8.65. The lowest BCUT2D eigenvalue weighted by Crippen LogP contribution is -2.25. The number of ether oxygens (including phenoxy) is 1. The van der Waals surface area contributed by atoms with E-state index in [1.807, 2.05) is 43.3 Å². The minimum Gasteiger partial charge on any atom is -0.378 e. The van der Waals surface area contributed by atoms with Crippen LogP contribution in [-0.2, 0) is 22.6 Å². The monoisotopic (exact) mass is 376 g/mol. The maximum atomic E-state index is 12.1. The van der Waals surface area contributed by atoms with Gasteiger partial charge in [-0.25, -0.2) is 4.68 Å². The highest BCUT2D eigenvalue weighted by Crippen LogP contribution is 2.18. The molecule has 1 atom stereocenters. The number of aromatic nitrogens is 4. The molecule has 0 saturated carbocycles. The van der Waals surface area contributed by atoms with Crippen molar-refractivity contribution in [3.8, 4) is 0 Å². The Labute approximate surface area is 157 Å². The molecule has 0 aliphatic carbocycles. The summed E-state index contributed by atoms with van der Waals surface area (Å²) < 4.78 is 7.33. The molecule has 1 saturated heterocycles. The third-order valence-electron chi connectivity index (χ3n) is 4.17. The van der Waals surface area contributed by atoms with Gasteiger partial charge in [0.05, 0.1) is 18.4 Å². The van der Waals surface area contributed by atoms with Gasteiger partial charge in [0.2, 0.25) is 11.1 Å². The van der Waals surface area contributed by atoms with Crippen LogP contribution in [0, 0.1) is 0 Å². The molecule has 140 valence electrons. The molecule has 0 radical (unpaired) electrons. The average Bonchev–Trinajstić information content (AvgIpc) is 3.31. The lowest BCUT2D eigenvalue weighted by Gasteiger charge is -2.13. The van der Waals surface area contributed by atoms with E-state index in [-0.39, 0.29) is 17.8 Å². The highest BCUT2D eigenvalue weighted by molar-refractivity contribution is 7.99. The normalized spacial score (nSPS) is 16.6. The summed E-state index contributed by atoms with van der Waals surface area (Å²) >= 11 is 1.34. The predicted molar refractivity (Wildman–Crippen MR) is 100 cm³/mol. The van der Waals surface area contributed by atoms with Crippen molar-refractivity contribution in [1.29, 1.82) is 0 Å². The number of amides is 1. The molecule has 1 amide bonds. The number of anilines is 1. The molecule has 1 aromatic carbocycles. The fraction of sp³-hybridized carbons (Fsp3) is 0.529. The number of nitrogens with zero attached hydrogens (tertiary/aromatic N) is 5. The van der Waals surface area contributed by atoms with Crippen LogP contribution in [-0.4, -0.2) is 58.7 Å². The molecular formula is C17H24N6O2S. The third-order valence-corrected chi connectivity index (χ3v) is 5.13. The van der Waals surface area contributed by atoms with Crippen LogP contribution in [0.25, 0.3) is 0 Å². The Morgan fingerprint density at radius 2 is 2.19 bits per heavy atom.